The second-order valence-corrected chi connectivity index (χ2v) is 6.12. The predicted octanol–water partition coefficient (Wildman–Crippen LogP) is 2.67. The molecule has 0 radical (unpaired) electrons. The van der Waals surface area contributed by atoms with Crippen LogP contribution >= 0.6 is 0 Å². The number of aliphatic carboxylic acids is 1. The molecule has 1 aliphatic carbocycles. The zero-order valence-electron chi connectivity index (χ0n) is 11.9. The molecular weight excluding hydrogens is 242 g/mol. The maximum absolute atomic E-state index is 12.8. The van der Waals surface area contributed by atoms with Gasteiger partial charge >= 0.3 is 5.97 Å². The summed E-state index contributed by atoms with van der Waals surface area (Å²) in [7, 11) is 0. The summed E-state index contributed by atoms with van der Waals surface area (Å²) in [6.45, 7) is 3.25. The van der Waals surface area contributed by atoms with Crippen molar-refractivity contribution in [3.8, 4) is 0 Å². The summed E-state index contributed by atoms with van der Waals surface area (Å²) in [6, 6.07) is 0. The Morgan fingerprint density at radius 3 is 2.47 bits per heavy atom. The number of hydrogen-bond acceptors (Lipinski definition) is 2. The first-order chi connectivity index (χ1) is 9.09. The van der Waals surface area contributed by atoms with Crippen molar-refractivity contribution in [1.82, 2.24) is 4.90 Å². The van der Waals surface area contributed by atoms with Gasteiger partial charge in [0.1, 0.15) is 0 Å². The number of piperidine rings is 1. The number of carboxylic acids is 1. The van der Waals surface area contributed by atoms with Crippen molar-refractivity contribution in [3.05, 3.63) is 0 Å². The fourth-order valence-electron chi connectivity index (χ4n) is 3.65. The average Bonchev–Trinajstić information content (AvgIpc) is 2.47. The van der Waals surface area contributed by atoms with Gasteiger partial charge in [0.2, 0.25) is 5.91 Å². The van der Waals surface area contributed by atoms with Crippen molar-refractivity contribution in [3.63, 3.8) is 0 Å². The van der Waals surface area contributed by atoms with Crippen LogP contribution in [-0.2, 0) is 9.59 Å². The van der Waals surface area contributed by atoms with Crippen molar-refractivity contribution in [2.45, 2.75) is 58.3 Å². The smallest absolute Gasteiger partial charge is 0.308 e. The number of rotatable bonds is 3. The molecule has 1 N–H and O–H groups in total. The van der Waals surface area contributed by atoms with E-state index in [1.807, 2.05) is 4.90 Å². The van der Waals surface area contributed by atoms with E-state index in [1.165, 1.54) is 6.42 Å². The normalized spacial score (nSPS) is 27.0. The first kappa shape index (κ1) is 14.4. The molecule has 1 amide bonds. The maximum Gasteiger partial charge on any atom is 0.308 e. The van der Waals surface area contributed by atoms with Gasteiger partial charge in [0, 0.05) is 18.5 Å². The van der Waals surface area contributed by atoms with E-state index in [9.17, 15) is 9.59 Å². The lowest BCUT2D eigenvalue weighted by atomic mass is 9.71. The number of nitrogens with zero attached hydrogens (tertiary/aromatic N) is 1. The summed E-state index contributed by atoms with van der Waals surface area (Å²) in [5.74, 6) is -0.900. The minimum absolute atomic E-state index is 0.196. The van der Waals surface area contributed by atoms with Crippen LogP contribution in [0.4, 0.5) is 0 Å². The Labute approximate surface area is 115 Å². The van der Waals surface area contributed by atoms with Gasteiger partial charge < -0.3 is 10.0 Å². The van der Waals surface area contributed by atoms with Gasteiger partial charge in [-0.1, -0.05) is 26.2 Å². The molecule has 4 heteroatoms. The van der Waals surface area contributed by atoms with Crippen LogP contribution in [0.5, 0.6) is 0 Å². The molecule has 0 aromatic carbocycles. The Morgan fingerprint density at radius 1 is 1.21 bits per heavy atom. The molecule has 2 fully saturated rings. The van der Waals surface area contributed by atoms with E-state index in [2.05, 4.69) is 6.92 Å². The number of carboxylic acid groups (broad SMARTS) is 1. The van der Waals surface area contributed by atoms with E-state index in [0.717, 1.165) is 45.1 Å². The Balaban J connectivity index is 2.06. The maximum atomic E-state index is 12.8. The lowest BCUT2D eigenvalue weighted by Gasteiger charge is -2.41. The van der Waals surface area contributed by atoms with Crippen molar-refractivity contribution in [1.29, 1.82) is 0 Å². The fraction of sp³-hybridized carbons (Fsp3) is 0.867. The molecule has 1 saturated heterocycles. The highest BCUT2D eigenvalue weighted by Crippen LogP contribution is 2.41. The van der Waals surface area contributed by atoms with Gasteiger partial charge in [-0.25, -0.2) is 0 Å². The number of carbonyl (C=O) groups is 2. The molecule has 1 saturated carbocycles. The molecule has 0 unspecified atom stereocenters. The largest absolute Gasteiger partial charge is 0.481 e. The summed E-state index contributed by atoms with van der Waals surface area (Å²) in [5.41, 5.74) is -0.196. The van der Waals surface area contributed by atoms with Gasteiger partial charge in [-0.05, 0) is 32.1 Å². The molecule has 1 heterocycles. The van der Waals surface area contributed by atoms with Gasteiger partial charge in [-0.15, -0.1) is 0 Å². The Hall–Kier alpha value is -1.06. The zero-order valence-corrected chi connectivity index (χ0v) is 11.9. The Morgan fingerprint density at radius 2 is 1.89 bits per heavy atom. The molecule has 0 bridgehead atoms. The second kappa shape index (κ2) is 5.93. The number of hydrogen-bond donors (Lipinski definition) is 1. The van der Waals surface area contributed by atoms with Crippen LogP contribution in [0.3, 0.4) is 0 Å². The number of likely N-dealkylation sites (tertiary alicyclic amines) is 1. The Bertz CT molecular complexity index is 347. The third kappa shape index (κ3) is 2.93. The van der Waals surface area contributed by atoms with Crippen LogP contribution in [0.25, 0.3) is 0 Å². The van der Waals surface area contributed by atoms with Crippen LogP contribution in [-0.4, -0.2) is 35.0 Å². The lowest BCUT2D eigenvalue weighted by molar-refractivity contribution is -0.151. The highest BCUT2D eigenvalue weighted by Gasteiger charge is 2.42. The van der Waals surface area contributed by atoms with E-state index in [0.29, 0.717) is 13.0 Å². The van der Waals surface area contributed by atoms with Gasteiger partial charge in [0.25, 0.3) is 0 Å². The zero-order chi connectivity index (χ0) is 13.9. The highest BCUT2D eigenvalue weighted by molar-refractivity contribution is 5.83. The van der Waals surface area contributed by atoms with Crippen LogP contribution in [0.15, 0.2) is 0 Å². The molecule has 19 heavy (non-hydrogen) atoms. The van der Waals surface area contributed by atoms with Gasteiger partial charge in [0.05, 0.1) is 5.92 Å². The SMILES string of the molecule is CCC1(C(=O)N2CCC[C@H](C(=O)O)C2)CCCCC1. The highest BCUT2D eigenvalue weighted by atomic mass is 16.4. The van der Waals surface area contributed by atoms with E-state index < -0.39 is 5.97 Å². The van der Waals surface area contributed by atoms with E-state index >= 15 is 0 Å². The van der Waals surface area contributed by atoms with Crippen molar-refractivity contribution in [2.75, 3.05) is 13.1 Å². The van der Waals surface area contributed by atoms with Crippen molar-refractivity contribution < 1.29 is 14.7 Å². The molecular formula is C15H25NO3. The summed E-state index contributed by atoms with van der Waals surface area (Å²) in [4.78, 5) is 25.7. The third-order valence-electron chi connectivity index (χ3n) is 5.00. The molecule has 2 rings (SSSR count). The standard InChI is InChI=1S/C15H25NO3/c1-2-15(8-4-3-5-9-15)14(19)16-10-6-7-12(11-16)13(17)18/h12H,2-11H2,1H3,(H,17,18)/t12-/m0/s1. The van der Waals surface area contributed by atoms with E-state index in [-0.39, 0.29) is 17.2 Å². The summed E-state index contributed by atoms with van der Waals surface area (Å²) in [6.07, 6.45) is 7.88. The quantitative estimate of drug-likeness (QED) is 0.855. The first-order valence-corrected chi connectivity index (χ1v) is 7.61. The number of carbonyl (C=O) groups excluding carboxylic acids is 1. The van der Waals surface area contributed by atoms with Gasteiger partial charge in [0.15, 0.2) is 0 Å². The monoisotopic (exact) mass is 267 g/mol. The molecule has 2 aliphatic rings. The van der Waals surface area contributed by atoms with Gasteiger partial charge in [-0.3, -0.25) is 9.59 Å². The van der Waals surface area contributed by atoms with Crippen molar-refractivity contribution in [2.24, 2.45) is 11.3 Å². The minimum atomic E-state index is -0.758. The molecule has 4 nitrogen and oxygen atoms in total. The molecule has 108 valence electrons. The number of amides is 1. The van der Waals surface area contributed by atoms with Crippen LogP contribution < -0.4 is 0 Å². The third-order valence-corrected chi connectivity index (χ3v) is 5.00. The van der Waals surface area contributed by atoms with E-state index in [1.54, 1.807) is 0 Å². The summed E-state index contributed by atoms with van der Waals surface area (Å²) in [5, 5.41) is 9.13. The van der Waals surface area contributed by atoms with Crippen LogP contribution in [0, 0.1) is 11.3 Å². The summed E-state index contributed by atoms with van der Waals surface area (Å²) >= 11 is 0. The lowest BCUT2D eigenvalue weighted by Crippen LogP contribution is -2.49. The van der Waals surface area contributed by atoms with E-state index in [4.69, 9.17) is 5.11 Å². The average molecular weight is 267 g/mol. The second-order valence-electron chi connectivity index (χ2n) is 6.12. The summed E-state index contributed by atoms with van der Waals surface area (Å²) < 4.78 is 0. The minimum Gasteiger partial charge on any atom is -0.481 e. The fourth-order valence-corrected chi connectivity index (χ4v) is 3.65. The Kier molecular flexibility index (Phi) is 4.48. The topological polar surface area (TPSA) is 57.6 Å². The molecule has 0 aromatic heterocycles. The first-order valence-electron chi connectivity index (χ1n) is 7.61. The van der Waals surface area contributed by atoms with Gasteiger partial charge in [-0.2, -0.15) is 0 Å². The molecule has 1 atom stereocenters. The molecule has 0 spiro atoms. The molecule has 1 aliphatic heterocycles. The molecule has 0 aromatic rings. The van der Waals surface area contributed by atoms with Crippen LogP contribution in [0.2, 0.25) is 0 Å². The predicted molar refractivity (Wildman–Crippen MR) is 72.7 cm³/mol. The van der Waals surface area contributed by atoms with Crippen LogP contribution in [0.1, 0.15) is 58.3 Å². The van der Waals surface area contributed by atoms with Crippen molar-refractivity contribution >= 4 is 11.9 Å².